The summed E-state index contributed by atoms with van der Waals surface area (Å²) in [6.07, 6.45) is 2.05. The van der Waals surface area contributed by atoms with Crippen molar-refractivity contribution in [3.05, 3.63) is 58.9 Å². The highest BCUT2D eigenvalue weighted by Crippen LogP contribution is 2.39. The lowest BCUT2D eigenvalue weighted by Crippen LogP contribution is -2.09. The molecule has 8 nitrogen and oxygen atoms in total. The monoisotopic (exact) mass is 472 g/mol. The number of halogens is 1. The van der Waals surface area contributed by atoms with Gasteiger partial charge in [-0.15, -0.1) is 10.2 Å². The molecule has 1 amide bonds. The predicted octanol–water partition coefficient (Wildman–Crippen LogP) is 4.48. The maximum absolute atomic E-state index is 12.7. The fourth-order valence-electron chi connectivity index (χ4n) is 3.12. The number of phenols is 1. The number of carbonyl (C=O) groups is 2. The standard InChI is InChI=1S/C22H21ClN4O4S/c1-13(28)24-17-10-14(6-9-18(17)29)19(30)12-32-22-26-25-21(27(22)15-7-8-15)11-31-20-5-3-2-4-16(20)23/h2-6,9-10,15,29H,7-8,11-12H2,1H3,(H,24,28). The third kappa shape index (κ3) is 5.23. The Hall–Kier alpha value is -3.04. The summed E-state index contributed by atoms with van der Waals surface area (Å²) in [5.41, 5.74) is 0.590. The summed E-state index contributed by atoms with van der Waals surface area (Å²) in [6, 6.07) is 11.9. The summed E-state index contributed by atoms with van der Waals surface area (Å²) in [7, 11) is 0. The zero-order valence-electron chi connectivity index (χ0n) is 17.2. The fraction of sp³-hybridized carbons (Fsp3) is 0.273. The first-order chi connectivity index (χ1) is 15.4. The highest BCUT2D eigenvalue weighted by atomic mass is 35.5. The van der Waals surface area contributed by atoms with E-state index >= 15 is 0 Å². The molecule has 3 aromatic rings. The van der Waals surface area contributed by atoms with Crippen LogP contribution in [0.3, 0.4) is 0 Å². The van der Waals surface area contributed by atoms with Crippen molar-refractivity contribution in [1.29, 1.82) is 0 Å². The van der Waals surface area contributed by atoms with Crippen LogP contribution < -0.4 is 10.1 Å². The summed E-state index contributed by atoms with van der Waals surface area (Å²) >= 11 is 7.45. The van der Waals surface area contributed by atoms with Crippen molar-refractivity contribution in [3.8, 4) is 11.5 Å². The number of para-hydroxylation sites is 1. The summed E-state index contributed by atoms with van der Waals surface area (Å²) in [4.78, 5) is 24.0. The van der Waals surface area contributed by atoms with E-state index in [4.69, 9.17) is 16.3 Å². The van der Waals surface area contributed by atoms with E-state index in [1.54, 1.807) is 12.1 Å². The molecular weight excluding hydrogens is 452 g/mol. The van der Waals surface area contributed by atoms with Crippen LogP contribution >= 0.6 is 23.4 Å². The van der Waals surface area contributed by atoms with Crippen LogP contribution in [0.5, 0.6) is 11.5 Å². The molecule has 1 fully saturated rings. The number of anilines is 1. The van der Waals surface area contributed by atoms with Crippen LogP contribution in [-0.2, 0) is 11.4 Å². The molecule has 1 aromatic heterocycles. The molecule has 1 aliphatic carbocycles. The van der Waals surface area contributed by atoms with E-state index in [2.05, 4.69) is 15.5 Å². The number of ether oxygens (including phenoxy) is 1. The lowest BCUT2D eigenvalue weighted by atomic mass is 10.1. The van der Waals surface area contributed by atoms with Gasteiger partial charge in [0.05, 0.1) is 16.5 Å². The average Bonchev–Trinajstić information content (AvgIpc) is 3.52. The van der Waals surface area contributed by atoms with Crippen LogP contribution in [0.1, 0.15) is 42.0 Å². The van der Waals surface area contributed by atoms with Crippen molar-refractivity contribution in [2.75, 3.05) is 11.1 Å². The minimum Gasteiger partial charge on any atom is -0.506 e. The van der Waals surface area contributed by atoms with Gasteiger partial charge in [-0.1, -0.05) is 35.5 Å². The summed E-state index contributed by atoms with van der Waals surface area (Å²) < 4.78 is 7.84. The Morgan fingerprint density at radius 3 is 2.75 bits per heavy atom. The first-order valence-electron chi connectivity index (χ1n) is 10.00. The molecule has 2 aromatic carbocycles. The van der Waals surface area contributed by atoms with Crippen LogP contribution in [0.4, 0.5) is 5.69 Å². The number of hydrogen-bond donors (Lipinski definition) is 2. The number of Topliss-reactive ketones (excluding diaryl/α,β-unsaturated/α-hetero) is 1. The second-order valence-electron chi connectivity index (χ2n) is 7.34. The quantitative estimate of drug-likeness (QED) is 0.268. The number of hydrogen-bond acceptors (Lipinski definition) is 7. The van der Waals surface area contributed by atoms with Gasteiger partial charge >= 0.3 is 0 Å². The lowest BCUT2D eigenvalue weighted by Gasteiger charge is -2.11. The van der Waals surface area contributed by atoms with E-state index in [0.29, 0.717) is 33.4 Å². The lowest BCUT2D eigenvalue weighted by molar-refractivity contribution is -0.114. The maximum Gasteiger partial charge on any atom is 0.221 e. The summed E-state index contributed by atoms with van der Waals surface area (Å²) in [5.74, 6) is 0.817. The topological polar surface area (TPSA) is 106 Å². The largest absolute Gasteiger partial charge is 0.506 e. The van der Waals surface area contributed by atoms with Crippen LogP contribution in [0.25, 0.3) is 0 Å². The Morgan fingerprint density at radius 1 is 1.25 bits per heavy atom. The third-order valence-electron chi connectivity index (χ3n) is 4.80. The van der Waals surface area contributed by atoms with Gasteiger partial charge in [-0.25, -0.2) is 0 Å². The maximum atomic E-state index is 12.7. The Morgan fingerprint density at radius 2 is 2.03 bits per heavy atom. The van der Waals surface area contributed by atoms with Crippen LogP contribution in [0, 0.1) is 0 Å². The van der Waals surface area contributed by atoms with Crippen molar-refractivity contribution >= 4 is 40.7 Å². The zero-order valence-corrected chi connectivity index (χ0v) is 18.8. The Labute approximate surface area is 193 Å². The van der Waals surface area contributed by atoms with Gasteiger partial charge in [-0.3, -0.25) is 14.2 Å². The van der Waals surface area contributed by atoms with E-state index in [-0.39, 0.29) is 35.5 Å². The van der Waals surface area contributed by atoms with E-state index < -0.39 is 0 Å². The molecule has 0 bridgehead atoms. The van der Waals surface area contributed by atoms with Gasteiger partial charge in [-0.2, -0.15) is 0 Å². The van der Waals surface area contributed by atoms with Gasteiger partial charge in [0.1, 0.15) is 18.1 Å². The van der Waals surface area contributed by atoms with Crippen LogP contribution in [0.15, 0.2) is 47.6 Å². The van der Waals surface area contributed by atoms with Crippen molar-refractivity contribution in [2.24, 2.45) is 0 Å². The highest BCUT2D eigenvalue weighted by molar-refractivity contribution is 7.99. The Bertz CT molecular complexity index is 1160. The number of rotatable bonds is 9. The third-order valence-corrected chi connectivity index (χ3v) is 6.06. The summed E-state index contributed by atoms with van der Waals surface area (Å²) in [5, 5.41) is 22.1. The number of amides is 1. The highest BCUT2D eigenvalue weighted by Gasteiger charge is 2.30. The van der Waals surface area contributed by atoms with E-state index in [9.17, 15) is 14.7 Å². The molecule has 0 atom stereocenters. The van der Waals surface area contributed by atoms with Gasteiger partial charge < -0.3 is 15.2 Å². The molecule has 0 aliphatic heterocycles. The Kier molecular flexibility index (Phi) is 6.66. The van der Waals surface area contributed by atoms with Gasteiger partial charge in [0.25, 0.3) is 0 Å². The molecule has 166 valence electrons. The van der Waals surface area contributed by atoms with Gasteiger partial charge in [0.15, 0.2) is 16.8 Å². The molecule has 2 N–H and O–H groups in total. The molecule has 0 spiro atoms. The molecule has 0 unspecified atom stereocenters. The van der Waals surface area contributed by atoms with Crippen LogP contribution in [-0.4, -0.2) is 37.3 Å². The van der Waals surface area contributed by atoms with Crippen molar-refractivity contribution in [2.45, 2.75) is 37.6 Å². The first-order valence-corrected chi connectivity index (χ1v) is 11.4. The molecular formula is C22H21ClN4O4S. The number of thioether (sulfide) groups is 1. The molecule has 4 rings (SSSR count). The van der Waals surface area contributed by atoms with E-state index in [1.165, 1.54) is 36.9 Å². The fourth-order valence-corrected chi connectivity index (χ4v) is 4.23. The second-order valence-corrected chi connectivity index (χ2v) is 8.69. The molecule has 1 saturated carbocycles. The second kappa shape index (κ2) is 9.62. The predicted molar refractivity (Wildman–Crippen MR) is 122 cm³/mol. The minimum atomic E-state index is -0.330. The van der Waals surface area contributed by atoms with Gasteiger partial charge in [0.2, 0.25) is 5.91 Å². The molecule has 32 heavy (non-hydrogen) atoms. The number of carbonyl (C=O) groups excluding carboxylic acids is 2. The molecule has 0 radical (unpaired) electrons. The number of aromatic nitrogens is 3. The van der Waals surface area contributed by atoms with E-state index in [1.807, 2.05) is 16.7 Å². The van der Waals surface area contributed by atoms with Crippen molar-refractivity contribution in [1.82, 2.24) is 14.8 Å². The number of nitrogens with one attached hydrogen (secondary N) is 1. The number of benzene rings is 2. The van der Waals surface area contributed by atoms with Crippen LogP contribution in [0.2, 0.25) is 5.02 Å². The first kappa shape index (κ1) is 22.2. The number of ketones is 1. The summed E-state index contributed by atoms with van der Waals surface area (Å²) in [6.45, 7) is 1.56. The smallest absolute Gasteiger partial charge is 0.221 e. The number of phenolic OH excluding ortho intramolecular Hbond substituents is 1. The Balaban J connectivity index is 1.44. The minimum absolute atomic E-state index is 0.0963. The van der Waals surface area contributed by atoms with Gasteiger partial charge in [-0.05, 0) is 43.2 Å². The number of nitrogens with zero attached hydrogens (tertiary/aromatic N) is 3. The zero-order chi connectivity index (χ0) is 22.7. The van der Waals surface area contributed by atoms with Crippen molar-refractivity contribution in [3.63, 3.8) is 0 Å². The molecule has 0 saturated heterocycles. The normalized spacial score (nSPS) is 13.1. The SMILES string of the molecule is CC(=O)Nc1cc(C(=O)CSc2nnc(COc3ccccc3Cl)n2C2CC2)ccc1O. The molecule has 1 aliphatic rings. The van der Waals surface area contributed by atoms with E-state index in [0.717, 1.165) is 12.8 Å². The van der Waals surface area contributed by atoms with Crippen molar-refractivity contribution < 1.29 is 19.4 Å². The van der Waals surface area contributed by atoms with Gasteiger partial charge in [0, 0.05) is 18.5 Å². The molecule has 1 heterocycles. The molecule has 10 heteroatoms. The number of aromatic hydroxyl groups is 1. The average molecular weight is 473 g/mol.